The van der Waals surface area contributed by atoms with E-state index in [4.69, 9.17) is 10.1 Å². The Balaban J connectivity index is 0.000000318. The van der Waals surface area contributed by atoms with Crippen LogP contribution in [0.4, 0.5) is 0 Å². The van der Waals surface area contributed by atoms with Crippen LogP contribution in [0.5, 0.6) is 0 Å². The topological polar surface area (TPSA) is 69.2 Å². The van der Waals surface area contributed by atoms with Gasteiger partial charge in [-0.05, 0) is 55.4 Å². The molecule has 3 aromatic heterocycles. The van der Waals surface area contributed by atoms with Gasteiger partial charge in [0.05, 0.1) is 11.4 Å². The van der Waals surface area contributed by atoms with Gasteiger partial charge in [0.2, 0.25) is 0 Å². The summed E-state index contributed by atoms with van der Waals surface area (Å²) in [6.07, 6.45) is 5.06. The minimum absolute atomic E-state index is 0. The Morgan fingerprint density at radius 3 is 2.28 bits per heavy atom. The Bertz CT molecular complexity index is 1460. The summed E-state index contributed by atoms with van der Waals surface area (Å²) in [4.78, 5) is 19.5. The molecule has 2 aromatic carbocycles. The Labute approximate surface area is 200 Å². The van der Waals surface area contributed by atoms with Gasteiger partial charge >= 0.3 is 0 Å². The molecular weight excluding hydrogens is 579 g/mol. The minimum atomic E-state index is -0.125. The molecule has 1 N–H and O–H groups in total. The molecule has 0 atom stereocenters. The number of ketones is 1. The third kappa shape index (κ3) is 4.24. The van der Waals surface area contributed by atoms with Gasteiger partial charge in [0, 0.05) is 43.2 Å². The third-order valence-corrected chi connectivity index (χ3v) is 5.34. The normalized spacial score (nSPS) is 11.3. The first-order chi connectivity index (χ1) is 14.9. The number of aliphatic hydroxyl groups excluding tert-OH is 1. The monoisotopic (exact) mass is 603 g/mol. The van der Waals surface area contributed by atoms with Crippen molar-refractivity contribution in [3.8, 4) is 5.82 Å². The number of allylic oxidation sites excluding steroid dienone is 2. The van der Waals surface area contributed by atoms with E-state index >= 15 is 0 Å². The second kappa shape index (κ2) is 9.51. The summed E-state index contributed by atoms with van der Waals surface area (Å²) >= 11 is 0. The standard InChI is InChI=1S/C21H16N3.C5H8O2.Ir/c1-13-11-22-20(14(13)2)24-18-10-6-5-9-17(18)19-16-8-4-3-7-15(16)12-23-21(19)24;1-4(6)3-5(2)7;/h3-12H,1-2H3;3,6H,1-2H3;/q-1;;/b;4-3-;. The summed E-state index contributed by atoms with van der Waals surface area (Å²) in [5, 5.41) is 13.2. The zero-order valence-corrected chi connectivity index (χ0v) is 20.8. The smallest absolute Gasteiger partial charge is 0.155 e. The van der Waals surface area contributed by atoms with Crippen LogP contribution in [-0.2, 0) is 24.9 Å². The van der Waals surface area contributed by atoms with Crippen LogP contribution in [0.2, 0.25) is 0 Å². The van der Waals surface area contributed by atoms with Crippen molar-refractivity contribution in [1.82, 2.24) is 14.5 Å². The maximum atomic E-state index is 10.0. The molecule has 0 aliphatic heterocycles. The first-order valence-corrected chi connectivity index (χ1v) is 10.1. The van der Waals surface area contributed by atoms with E-state index in [2.05, 4.69) is 71.9 Å². The molecule has 5 aromatic rings. The van der Waals surface area contributed by atoms with E-state index in [-0.39, 0.29) is 31.6 Å². The van der Waals surface area contributed by atoms with E-state index in [1.54, 1.807) is 0 Å². The van der Waals surface area contributed by atoms with Crippen molar-refractivity contribution in [3.05, 3.63) is 83.9 Å². The van der Waals surface area contributed by atoms with Crippen molar-refractivity contribution in [2.45, 2.75) is 27.7 Å². The predicted molar refractivity (Wildman–Crippen MR) is 126 cm³/mol. The summed E-state index contributed by atoms with van der Waals surface area (Å²) in [6, 6.07) is 16.9. The number of aliphatic hydroxyl groups is 1. The van der Waals surface area contributed by atoms with Gasteiger partial charge in [0.25, 0.3) is 0 Å². The molecule has 0 fully saturated rings. The predicted octanol–water partition coefficient (Wildman–Crippen LogP) is 5.94. The fraction of sp³-hybridized carbons (Fsp3) is 0.154. The van der Waals surface area contributed by atoms with Crippen LogP contribution in [0, 0.1) is 13.8 Å². The average Bonchev–Trinajstić information content (AvgIpc) is 3.24. The molecule has 0 unspecified atom stereocenters. The molecule has 32 heavy (non-hydrogen) atoms. The number of aryl methyl sites for hydroxylation is 1. The van der Waals surface area contributed by atoms with Crippen LogP contribution in [0.1, 0.15) is 25.0 Å². The van der Waals surface area contributed by atoms with Crippen LogP contribution >= 0.6 is 0 Å². The van der Waals surface area contributed by atoms with E-state index in [0.29, 0.717) is 0 Å². The molecule has 165 valence electrons. The van der Waals surface area contributed by atoms with Gasteiger partial charge in [-0.2, -0.15) is 0 Å². The molecule has 3 heterocycles. The maximum absolute atomic E-state index is 10.0. The van der Waals surface area contributed by atoms with Crippen LogP contribution in [0.15, 0.2) is 72.8 Å². The number of aromatic nitrogens is 3. The fourth-order valence-corrected chi connectivity index (χ4v) is 3.84. The molecule has 6 heteroatoms. The van der Waals surface area contributed by atoms with Crippen LogP contribution < -0.4 is 4.98 Å². The number of pyridine rings is 1. The van der Waals surface area contributed by atoms with Crippen molar-refractivity contribution < 1.29 is 30.0 Å². The van der Waals surface area contributed by atoms with Gasteiger partial charge in [-0.1, -0.05) is 60.3 Å². The molecule has 0 bridgehead atoms. The summed E-state index contributed by atoms with van der Waals surface area (Å²) in [6.45, 7) is 7.07. The van der Waals surface area contributed by atoms with Crippen LogP contribution in [0.3, 0.4) is 0 Å². The molecule has 5 rings (SSSR count). The second-order valence-corrected chi connectivity index (χ2v) is 7.68. The Morgan fingerprint density at radius 1 is 1.03 bits per heavy atom. The number of nitrogens with zero attached hydrogens (tertiary/aromatic N) is 3. The van der Waals surface area contributed by atoms with Gasteiger partial charge in [-0.3, -0.25) is 9.78 Å². The SMILES string of the molecule is CC(=O)/C=C(/C)O.Cc1c[n-]c(-n2c3ccccc3c3c4ccccc4cnc32)c1C.[Ir]. The van der Waals surface area contributed by atoms with Gasteiger partial charge in [0.1, 0.15) is 0 Å². The van der Waals surface area contributed by atoms with Crippen molar-refractivity contribution in [2.75, 3.05) is 0 Å². The third-order valence-electron chi connectivity index (χ3n) is 5.34. The van der Waals surface area contributed by atoms with Gasteiger partial charge in [-0.25, -0.2) is 0 Å². The molecule has 0 spiro atoms. The van der Waals surface area contributed by atoms with Gasteiger partial charge < -0.3 is 14.7 Å². The van der Waals surface area contributed by atoms with E-state index < -0.39 is 0 Å². The Kier molecular flexibility index (Phi) is 6.97. The average molecular weight is 603 g/mol. The summed E-state index contributed by atoms with van der Waals surface area (Å²) in [7, 11) is 0. The molecule has 0 saturated heterocycles. The maximum Gasteiger partial charge on any atom is 0.155 e. The van der Waals surface area contributed by atoms with E-state index in [1.807, 2.05) is 12.4 Å². The molecule has 0 amide bonds. The number of para-hydroxylation sites is 1. The quantitative estimate of drug-likeness (QED) is 0.201. The molecule has 1 radical (unpaired) electrons. The molecule has 5 nitrogen and oxygen atoms in total. The minimum Gasteiger partial charge on any atom is -0.512 e. The first kappa shape index (κ1) is 23.5. The number of benzene rings is 2. The van der Waals surface area contributed by atoms with E-state index in [0.717, 1.165) is 22.4 Å². The van der Waals surface area contributed by atoms with Gasteiger partial charge in [0.15, 0.2) is 5.78 Å². The van der Waals surface area contributed by atoms with Crippen molar-refractivity contribution in [2.24, 2.45) is 0 Å². The van der Waals surface area contributed by atoms with Crippen molar-refractivity contribution >= 4 is 38.5 Å². The van der Waals surface area contributed by atoms with Crippen molar-refractivity contribution in [3.63, 3.8) is 0 Å². The number of carbonyl (C=O) groups is 1. The van der Waals surface area contributed by atoms with Crippen LogP contribution in [0.25, 0.3) is 38.5 Å². The number of hydrogen-bond donors (Lipinski definition) is 1. The Hall–Kier alpha value is -3.21. The van der Waals surface area contributed by atoms with Crippen molar-refractivity contribution in [1.29, 1.82) is 0 Å². The van der Waals surface area contributed by atoms with Gasteiger partial charge in [-0.15, -0.1) is 0 Å². The zero-order valence-electron chi connectivity index (χ0n) is 18.4. The largest absolute Gasteiger partial charge is 0.512 e. The molecule has 0 aliphatic carbocycles. The van der Waals surface area contributed by atoms with E-state index in [1.165, 1.54) is 47.2 Å². The molecule has 0 saturated carbocycles. The second-order valence-electron chi connectivity index (χ2n) is 7.68. The zero-order chi connectivity index (χ0) is 22.1. The Morgan fingerprint density at radius 2 is 1.69 bits per heavy atom. The summed E-state index contributed by atoms with van der Waals surface area (Å²) in [5.74, 6) is 0.911. The number of carbonyl (C=O) groups excluding carboxylic acids is 1. The van der Waals surface area contributed by atoms with E-state index in [9.17, 15) is 4.79 Å². The molecular formula is C26H24IrN3O2-. The number of rotatable bonds is 2. The van der Waals surface area contributed by atoms with Crippen LogP contribution in [-0.4, -0.2) is 20.4 Å². The summed E-state index contributed by atoms with van der Waals surface area (Å²) < 4.78 is 2.19. The fourth-order valence-electron chi connectivity index (χ4n) is 3.84. The summed E-state index contributed by atoms with van der Waals surface area (Å²) in [5.41, 5.74) is 4.53. The number of hydrogen-bond acceptors (Lipinski definition) is 3. The number of fused-ring (bicyclic) bond motifs is 5. The first-order valence-electron chi connectivity index (χ1n) is 10.1. The molecule has 0 aliphatic rings.